The zero-order valence-corrected chi connectivity index (χ0v) is 17.8. The summed E-state index contributed by atoms with van der Waals surface area (Å²) in [5, 5.41) is 22.7. The van der Waals surface area contributed by atoms with Gasteiger partial charge in [0.2, 0.25) is 5.82 Å². The van der Waals surface area contributed by atoms with Gasteiger partial charge in [-0.2, -0.15) is 0 Å². The standard InChI is InChI=1S/C17H23N4O2.C2H6.Ni/c1-11-12(2)17(20(3)16(18)15(11)22)19-21(4)13-9-7-8-10-14(13)23(5)6;1-2;/h7-10,18H,1-6H3;1-2H3;/q+1;;/p+1. The Morgan fingerprint density at radius 2 is 1.65 bits per heavy atom. The van der Waals surface area contributed by atoms with Gasteiger partial charge >= 0.3 is 11.4 Å². The number of aromatic hydroxyl groups is 1. The molecule has 0 radical (unpaired) electrons. The van der Waals surface area contributed by atoms with Gasteiger partial charge in [0.1, 0.15) is 0 Å². The van der Waals surface area contributed by atoms with Crippen LogP contribution in [0, 0.1) is 19.3 Å². The fourth-order valence-corrected chi connectivity index (χ4v) is 2.45. The molecule has 0 spiro atoms. The molecule has 2 N–H and O–H groups in total. The third kappa shape index (κ3) is 4.73. The number of azo groups is 2. The Balaban J connectivity index is 0.00000201. The van der Waals surface area contributed by atoms with Gasteiger partial charge in [0.25, 0.3) is 0 Å². The molecule has 26 heavy (non-hydrogen) atoms. The number of nitrogens with zero attached hydrogens (tertiary/aromatic N) is 3. The van der Waals surface area contributed by atoms with Crippen molar-refractivity contribution in [3.05, 3.63) is 40.9 Å². The minimum atomic E-state index is -0.00384. The van der Waals surface area contributed by atoms with Crippen LogP contribution in [0.25, 0.3) is 0 Å². The van der Waals surface area contributed by atoms with Crippen molar-refractivity contribution in [3.8, 4) is 11.5 Å². The molecule has 2 rings (SSSR count). The van der Waals surface area contributed by atoms with E-state index >= 15 is 0 Å². The number of nitrogens with one attached hydrogen (secondary N) is 1. The summed E-state index contributed by atoms with van der Waals surface area (Å²) in [5.74, 6) is 1.61. The van der Waals surface area contributed by atoms with Crippen molar-refractivity contribution in [1.82, 2.24) is 4.57 Å². The van der Waals surface area contributed by atoms with E-state index in [1.165, 1.54) is 0 Å². The van der Waals surface area contributed by atoms with Crippen LogP contribution >= 0.6 is 0 Å². The molecule has 0 bridgehead atoms. The van der Waals surface area contributed by atoms with Gasteiger partial charge in [-0.1, -0.05) is 30.7 Å². The molecule has 6 nitrogen and oxygen atoms in total. The minimum Gasteiger partial charge on any atom is -0.571 e. The van der Waals surface area contributed by atoms with Crippen LogP contribution in [0.15, 0.2) is 29.4 Å². The van der Waals surface area contributed by atoms with Gasteiger partial charge in [0.15, 0.2) is 32.5 Å². The maximum absolute atomic E-state index is 9.99. The normalized spacial score (nSPS) is 10.5. The fraction of sp³-hybridized carbons (Fsp3) is 0.421. The van der Waals surface area contributed by atoms with E-state index in [4.69, 9.17) is 5.41 Å². The average molecular weight is 405 g/mol. The molecular weight excluding hydrogens is 375 g/mol. The first-order chi connectivity index (χ1) is 11.8. The van der Waals surface area contributed by atoms with Gasteiger partial charge in [0.05, 0.1) is 0 Å². The Kier molecular flexibility index (Phi) is 9.29. The van der Waals surface area contributed by atoms with Crippen LogP contribution in [0.1, 0.15) is 25.0 Å². The van der Waals surface area contributed by atoms with Crippen molar-refractivity contribution >= 4 is 11.5 Å². The molecule has 0 aliphatic heterocycles. The second-order valence-electron chi connectivity index (χ2n) is 5.74. The minimum absolute atomic E-state index is 0. The van der Waals surface area contributed by atoms with Crippen LogP contribution in [-0.2, 0) is 27.9 Å². The van der Waals surface area contributed by atoms with Gasteiger partial charge in [-0.25, -0.2) is 0 Å². The molecular formula is C19H30N4NiO2+2. The van der Waals surface area contributed by atoms with E-state index in [1.54, 1.807) is 23.2 Å². The van der Waals surface area contributed by atoms with Crippen LogP contribution in [0.2, 0.25) is 0 Å². The monoisotopic (exact) mass is 404 g/mol. The van der Waals surface area contributed by atoms with Gasteiger partial charge in [-0.3, -0.25) is 5.41 Å². The first-order valence-electron chi connectivity index (χ1n) is 8.31. The number of rotatable bonds is 3. The maximum atomic E-state index is 9.99. The van der Waals surface area contributed by atoms with Crippen molar-refractivity contribution < 1.29 is 30.7 Å². The molecule has 1 aromatic heterocycles. The van der Waals surface area contributed by atoms with E-state index in [0.717, 1.165) is 17.0 Å². The smallest absolute Gasteiger partial charge is 0.330 e. The summed E-state index contributed by atoms with van der Waals surface area (Å²) < 4.78 is 6.21. The predicted molar refractivity (Wildman–Crippen MR) is 101 cm³/mol. The quantitative estimate of drug-likeness (QED) is 0.337. The second-order valence-corrected chi connectivity index (χ2v) is 5.74. The zero-order chi connectivity index (χ0) is 19.3. The Morgan fingerprint density at radius 3 is 2.19 bits per heavy atom. The maximum Gasteiger partial charge on any atom is 0.330 e. The first-order valence-corrected chi connectivity index (χ1v) is 8.31. The van der Waals surface area contributed by atoms with Crippen LogP contribution in [0.3, 0.4) is 0 Å². The van der Waals surface area contributed by atoms with Crippen LogP contribution in [-0.4, -0.2) is 35.6 Å². The Bertz CT molecular complexity index is 842. The van der Waals surface area contributed by atoms with Crippen molar-refractivity contribution in [3.63, 3.8) is 0 Å². The zero-order valence-electron chi connectivity index (χ0n) is 16.8. The summed E-state index contributed by atoms with van der Waals surface area (Å²) in [4.78, 5) is 0. The first kappa shape index (κ1) is 23.9. The van der Waals surface area contributed by atoms with Gasteiger partial charge in [-0.05, 0) is 13.8 Å². The molecule has 2 aromatic rings. The Morgan fingerprint density at radius 1 is 1.12 bits per heavy atom. The molecule has 0 fully saturated rings. The van der Waals surface area contributed by atoms with Crippen molar-refractivity contribution in [2.24, 2.45) is 12.2 Å². The number of aromatic nitrogens is 1. The molecule has 7 heteroatoms. The number of para-hydroxylation sites is 2. The van der Waals surface area contributed by atoms with Crippen LogP contribution in [0.5, 0.6) is 11.5 Å². The van der Waals surface area contributed by atoms with Gasteiger partial charge in [0, 0.05) is 51.9 Å². The summed E-state index contributed by atoms with van der Waals surface area (Å²) in [7, 11) is 7.41. The predicted octanol–water partition coefficient (Wildman–Crippen LogP) is 4.43. The average Bonchev–Trinajstić information content (AvgIpc) is 2.63. The van der Waals surface area contributed by atoms with Gasteiger partial charge < -0.3 is 14.0 Å². The number of hydrogen-bond acceptors (Lipinski definition) is 3. The molecule has 0 saturated heterocycles. The van der Waals surface area contributed by atoms with E-state index < -0.39 is 0 Å². The number of hydrogen-bond donors (Lipinski definition) is 2. The Labute approximate surface area is 165 Å². The molecule has 0 aliphatic carbocycles. The van der Waals surface area contributed by atoms with E-state index in [1.807, 2.05) is 66.3 Å². The van der Waals surface area contributed by atoms with Crippen molar-refractivity contribution in [2.75, 3.05) is 21.3 Å². The summed E-state index contributed by atoms with van der Waals surface area (Å²) in [6, 6.07) is 7.91. The van der Waals surface area contributed by atoms with E-state index in [9.17, 15) is 5.11 Å². The summed E-state index contributed by atoms with van der Waals surface area (Å²) in [6.45, 7) is 7.69. The summed E-state index contributed by atoms with van der Waals surface area (Å²) in [6.07, 6.45) is 0. The molecule has 0 atom stereocenters. The topological polar surface area (TPSA) is 67.1 Å². The van der Waals surface area contributed by atoms with Crippen LogP contribution < -0.4 is 5.49 Å². The summed E-state index contributed by atoms with van der Waals surface area (Å²) >= 11 is 0. The Hall–Kier alpha value is -2.14. The summed E-state index contributed by atoms with van der Waals surface area (Å²) in [5.41, 5.74) is 2.51. The van der Waals surface area contributed by atoms with Crippen LogP contribution in [0.4, 0.5) is 11.5 Å². The molecule has 0 amide bonds. The van der Waals surface area contributed by atoms with E-state index in [2.05, 4.69) is 9.48 Å². The SMILES string of the molecule is CC.Cc1c(C)c(N=[N+](C)c2ccccc2[O+](C)C)n(C)c(=N)c1O.[Ni]. The number of benzene rings is 1. The largest absolute Gasteiger partial charge is 0.571 e. The van der Waals surface area contributed by atoms with E-state index in [0.29, 0.717) is 11.4 Å². The van der Waals surface area contributed by atoms with Crippen molar-refractivity contribution in [2.45, 2.75) is 27.7 Å². The van der Waals surface area contributed by atoms with E-state index in [-0.39, 0.29) is 27.7 Å². The second kappa shape index (κ2) is 10.1. The molecule has 0 unspecified atom stereocenters. The van der Waals surface area contributed by atoms with Gasteiger partial charge in [-0.15, -0.1) is 0 Å². The third-order valence-corrected chi connectivity index (χ3v) is 4.03. The fourth-order valence-electron chi connectivity index (χ4n) is 2.45. The molecule has 146 valence electrons. The molecule has 0 saturated carbocycles. The third-order valence-electron chi connectivity index (χ3n) is 4.03. The van der Waals surface area contributed by atoms with Crippen molar-refractivity contribution in [1.29, 1.82) is 5.41 Å². The molecule has 1 heterocycles. The molecule has 1 aromatic carbocycles. The number of pyridine rings is 1. The molecule has 0 aliphatic rings.